The lowest BCUT2D eigenvalue weighted by Crippen LogP contribution is -1.95. The summed E-state index contributed by atoms with van der Waals surface area (Å²) in [6, 6.07) is 18.4. The fourth-order valence-corrected chi connectivity index (χ4v) is 3.94. The van der Waals surface area contributed by atoms with Crippen LogP contribution in [-0.2, 0) is 6.42 Å². The highest BCUT2D eigenvalue weighted by atomic mass is 127. The quantitative estimate of drug-likeness (QED) is 0.369. The number of phenols is 3. The number of rotatable bonds is 2. The summed E-state index contributed by atoms with van der Waals surface area (Å²) in [6.45, 7) is 0. The van der Waals surface area contributed by atoms with E-state index in [4.69, 9.17) is 0 Å². The topological polar surface area (TPSA) is 60.7 Å². The molecule has 0 saturated heterocycles. The van der Waals surface area contributed by atoms with Gasteiger partial charge >= 0.3 is 0 Å². The number of phenolic OH excluding ortho intramolecular Hbond substituents is 3. The summed E-state index contributed by atoms with van der Waals surface area (Å²) >= 11 is 2.10. The Kier molecular flexibility index (Phi) is 3.92. The molecule has 0 unspecified atom stereocenters. The Balaban J connectivity index is 2.00. The van der Waals surface area contributed by atoms with E-state index >= 15 is 0 Å². The molecule has 4 rings (SSSR count). The van der Waals surface area contributed by atoms with E-state index in [0.29, 0.717) is 12.0 Å². The molecule has 25 heavy (non-hydrogen) atoms. The zero-order valence-corrected chi connectivity index (χ0v) is 15.4. The van der Waals surface area contributed by atoms with Crippen molar-refractivity contribution in [1.29, 1.82) is 0 Å². The van der Waals surface area contributed by atoms with E-state index in [1.165, 1.54) is 0 Å². The van der Waals surface area contributed by atoms with Crippen LogP contribution in [0.5, 0.6) is 17.2 Å². The summed E-state index contributed by atoms with van der Waals surface area (Å²) in [5.74, 6) is 0.535. The minimum absolute atomic E-state index is 0.150. The number of fused-ring (bicyclic) bond motifs is 2. The zero-order valence-electron chi connectivity index (χ0n) is 13.2. The Morgan fingerprint density at radius 1 is 0.720 bits per heavy atom. The summed E-state index contributed by atoms with van der Waals surface area (Å²) in [5.41, 5.74) is 1.46. The lowest BCUT2D eigenvalue weighted by molar-refractivity contribution is 0.462. The van der Waals surface area contributed by atoms with Crippen LogP contribution in [-0.4, -0.2) is 15.3 Å². The summed E-state index contributed by atoms with van der Waals surface area (Å²) in [5, 5.41) is 34.6. The third-order valence-corrected chi connectivity index (χ3v) is 5.35. The molecule has 0 fully saturated rings. The summed E-state index contributed by atoms with van der Waals surface area (Å²) in [6.07, 6.45) is 0.371. The van der Waals surface area contributed by atoms with Gasteiger partial charge in [-0.3, -0.25) is 0 Å². The van der Waals surface area contributed by atoms with Gasteiger partial charge in [-0.25, -0.2) is 0 Å². The second kappa shape index (κ2) is 6.11. The molecule has 0 heterocycles. The van der Waals surface area contributed by atoms with Crippen molar-refractivity contribution in [2.75, 3.05) is 0 Å². The van der Waals surface area contributed by atoms with E-state index in [9.17, 15) is 15.3 Å². The highest BCUT2D eigenvalue weighted by molar-refractivity contribution is 14.1. The zero-order chi connectivity index (χ0) is 17.6. The third-order valence-electron chi connectivity index (χ3n) is 4.53. The fourth-order valence-electron chi connectivity index (χ4n) is 3.27. The average Bonchev–Trinajstić information content (AvgIpc) is 2.61. The van der Waals surface area contributed by atoms with E-state index in [1.54, 1.807) is 18.2 Å². The van der Waals surface area contributed by atoms with Gasteiger partial charge in [-0.05, 0) is 68.4 Å². The van der Waals surface area contributed by atoms with E-state index in [2.05, 4.69) is 22.6 Å². The average molecular weight is 442 g/mol. The van der Waals surface area contributed by atoms with Crippen LogP contribution in [0.25, 0.3) is 21.5 Å². The Morgan fingerprint density at radius 3 is 2.32 bits per heavy atom. The molecule has 0 aliphatic rings. The van der Waals surface area contributed by atoms with Crippen molar-refractivity contribution in [2.45, 2.75) is 6.42 Å². The largest absolute Gasteiger partial charge is 0.508 e. The van der Waals surface area contributed by atoms with Gasteiger partial charge in [0, 0.05) is 17.5 Å². The Bertz CT molecular complexity index is 1120. The van der Waals surface area contributed by atoms with E-state index in [-0.39, 0.29) is 17.2 Å². The molecule has 0 aliphatic heterocycles. The molecule has 0 bridgehead atoms. The van der Waals surface area contributed by atoms with E-state index < -0.39 is 0 Å². The normalized spacial score (nSPS) is 11.2. The monoisotopic (exact) mass is 442 g/mol. The molecule has 0 saturated carbocycles. The minimum Gasteiger partial charge on any atom is -0.508 e. The van der Waals surface area contributed by atoms with Crippen LogP contribution in [0, 0.1) is 3.57 Å². The first kappa shape index (κ1) is 16.0. The van der Waals surface area contributed by atoms with E-state index in [1.807, 2.05) is 42.5 Å². The predicted molar refractivity (Wildman–Crippen MR) is 108 cm³/mol. The Hall–Kier alpha value is -2.47. The molecule has 0 spiro atoms. The van der Waals surface area contributed by atoms with Gasteiger partial charge in [0.05, 0.1) is 3.57 Å². The molecule has 3 nitrogen and oxygen atoms in total. The smallest absolute Gasteiger partial charge is 0.133 e. The van der Waals surface area contributed by atoms with Crippen molar-refractivity contribution in [1.82, 2.24) is 0 Å². The maximum atomic E-state index is 10.6. The van der Waals surface area contributed by atoms with Crippen LogP contribution in [0.1, 0.15) is 11.1 Å². The Labute approximate surface area is 158 Å². The molecule has 0 atom stereocenters. The molecule has 4 heteroatoms. The van der Waals surface area contributed by atoms with Gasteiger partial charge < -0.3 is 15.3 Å². The van der Waals surface area contributed by atoms with Crippen molar-refractivity contribution in [3.8, 4) is 17.2 Å². The molecular formula is C21H15IO3. The van der Waals surface area contributed by atoms with E-state index in [0.717, 1.165) is 30.7 Å². The number of hydrogen-bond acceptors (Lipinski definition) is 3. The molecule has 0 aromatic heterocycles. The van der Waals surface area contributed by atoms with Gasteiger partial charge in [0.15, 0.2) is 0 Å². The van der Waals surface area contributed by atoms with Crippen LogP contribution >= 0.6 is 22.6 Å². The standard InChI is InChI=1S/C21H15IO3/c22-19-9-13-5-7-14(23)10-16(13)18(21(19)25)11-17-15-4-2-1-3-12(15)6-8-20(17)24/h1-10,23-25H,11H2. The van der Waals surface area contributed by atoms with Crippen LogP contribution in [0.2, 0.25) is 0 Å². The lowest BCUT2D eigenvalue weighted by atomic mass is 9.93. The molecular weight excluding hydrogens is 427 g/mol. The van der Waals surface area contributed by atoms with Crippen LogP contribution in [0.4, 0.5) is 0 Å². The maximum absolute atomic E-state index is 10.6. The minimum atomic E-state index is 0.150. The SMILES string of the molecule is Oc1ccc2cc(I)c(O)c(Cc3c(O)ccc4ccccc34)c2c1. The number of halogens is 1. The van der Waals surface area contributed by atoms with Crippen molar-refractivity contribution in [3.05, 3.63) is 75.4 Å². The predicted octanol–water partition coefficient (Wildman–Crippen LogP) is 5.31. The molecule has 4 aromatic carbocycles. The first-order chi connectivity index (χ1) is 12.0. The van der Waals surface area contributed by atoms with Crippen LogP contribution < -0.4 is 0 Å². The van der Waals surface area contributed by atoms with Gasteiger partial charge in [-0.1, -0.05) is 36.4 Å². The second-order valence-electron chi connectivity index (χ2n) is 6.05. The van der Waals surface area contributed by atoms with Gasteiger partial charge in [0.1, 0.15) is 17.2 Å². The highest BCUT2D eigenvalue weighted by Gasteiger charge is 2.16. The molecule has 0 aliphatic carbocycles. The van der Waals surface area contributed by atoms with Crippen LogP contribution in [0.3, 0.4) is 0 Å². The molecule has 4 aromatic rings. The molecule has 0 amide bonds. The first-order valence-electron chi connectivity index (χ1n) is 7.87. The second-order valence-corrected chi connectivity index (χ2v) is 7.21. The van der Waals surface area contributed by atoms with Crippen molar-refractivity contribution in [3.63, 3.8) is 0 Å². The number of benzene rings is 4. The van der Waals surface area contributed by atoms with Gasteiger partial charge in [0.25, 0.3) is 0 Å². The van der Waals surface area contributed by atoms with Gasteiger partial charge in [0.2, 0.25) is 0 Å². The van der Waals surface area contributed by atoms with Gasteiger partial charge in [-0.15, -0.1) is 0 Å². The van der Waals surface area contributed by atoms with Crippen molar-refractivity contribution >= 4 is 44.1 Å². The molecule has 3 N–H and O–H groups in total. The van der Waals surface area contributed by atoms with Gasteiger partial charge in [-0.2, -0.15) is 0 Å². The van der Waals surface area contributed by atoms with Crippen LogP contribution in [0.15, 0.2) is 60.7 Å². The van der Waals surface area contributed by atoms with Crippen molar-refractivity contribution < 1.29 is 15.3 Å². The molecule has 0 radical (unpaired) electrons. The molecule has 124 valence electrons. The summed E-state index contributed by atoms with van der Waals surface area (Å²) in [4.78, 5) is 0. The first-order valence-corrected chi connectivity index (χ1v) is 8.95. The maximum Gasteiger partial charge on any atom is 0.133 e. The highest BCUT2D eigenvalue weighted by Crippen LogP contribution is 2.38. The van der Waals surface area contributed by atoms with Crippen molar-refractivity contribution in [2.24, 2.45) is 0 Å². The summed E-state index contributed by atoms with van der Waals surface area (Å²) in [7, 11) is 0. The lowest BCUT2D eigenvalue weighted by Gasteiger charge is -2.14. The number of hydrogen-bond donors (Lipinski definition) is 3. The summed E-state index contributed by atoms with van der Waals surface area (Å²) < 4.78 is 0.741. The fraction of sp³-hybridized carbons (Fsp3) is 0.0476. The number of aromatic hydroxyl groups is 3. The Morgan fingerprint density at radius 2 is 1.48 bits per heavy atom. The third kappa shape index (κ3) is 2.76.